The van der Waals surface area contributed by atoms with Crippen LogP contribution in [0.25, 0.3) is 0 Å². The summed E-state index contributed by atoms with van der Waals surface area (Å²) in [6.45, 7) is 4.19. The van der Waals surface area contributed by atoms with Gasteiger partial charge in [0.15, 0.2) is 0 Å². The normalized spacial score (nSPS) is 14.5. The second-order valence-corrected chi connectivity index (χ2v) is 7.77. The van der Waals surface area contributed by atoms with E-state index < -0.39 is 22.1 Å². The minimum absolute atomic E-state index is 0.224. The lowest BCUT2D eigenvalue weighted by atomic mass is 9.99. The molecule has 1 unspecified atom stereocenters. The molecule has 0 aliphatic carbocycles. The van der Waals surface area contributed by atoms with Crippen molar-refractivity contribution in [3.63, 3.8) is 0 Å². The van der Waals surface area contributed by atoms with Crippen molar-refractivity contribution in [2.45, 2.75) is 32.7 Å². The Kier molecular flexibility index (Phi) is 7.67. The maximum atomic E-state index is 12.0. The molecule has 4 N–H and O–H groups in total. The van der Waals surface area contributed by atoms with E-state index in [1.807, 2.05) is 44.2 Å². The maximum Gasteiger partial charge on any atom is 0.339 e. The van der Waals surface area contributed by atoms with E-state index in [4.69, 9.17) is 11.5 Å². The van der Waals surface area contributed by atoms with E-state index in [0.29, 0.717) is 12.3 Å². The minimum atomic E-state index is -3.98. The van der Waals surface area contributed by atoms with Gasteiger partial charge in [-0.3, -0.25) is 0 Å². The van der Waals surface area contributed by atoms with Crippen molar-refractivity contribution in [3.8, 4) is 0 Å². The van der Waals surface area contributed by atoms with Gasteiger partial charge < -0.3 is 15.7 Å². The van der Waals surface area contributed by atoms with E-state index in [-0.39, 0.29) is 24.6 Å². The zero-order valence-corrected chi connectivity index (χ0v) is 14.5. The van der Waals surface area contributed by atoms with Crippen LogP contribution >= 0.6 is 0 Å². The lowest BCUT2D eigenvalue weighted by Gasteiger charge is -2.17. The highest BCUT2D eigenvalue weighted by atomic mass is 32.2. The Morgan fingerprint density at radius 2 is 1.83 bits per heavy atom. The monoisotopic (exact) mass is 342 g/mol. The molecule has 0 aliphatic rings. The Morgan fingerprint density at radius 3 is 2.35 bits per heavy atom. The summed E-state index contributed by atoms with van der Waals surface area (Å²) in [6.07, 6.45) is 0.880. The van der Waals surface area contributed by atoms with Gasteiger partial charge in [0.05, 0.1) is 5.75 Å². The van der Waals surface area contributed by atoms with E-state index in [1.54, 1.807) is 0 Å². The molecule has 0 heterocycles. The van der Waals surface area contributed by atoms with Gasteiger partial charge in [0.1, 0.15) is 6.04 Å². The molecule has 23 heavy (non-hydrogen) atoms. The second kappa shape index (κ2) is 9.00. The van der Waals surface area contributed by atoms with Gasteiger partial charge in [-0.2, -0.15) is 8.42 Å². The van der Waals surface area contributed by atoms with Crippen LogP contribution in [-0.4, -0.2) is 32.7 Å². The molecule has 0 saturated carbocycles. The van der Waals surface area contributed by atoms with Crippen molar-refractivity contribution < 1.29 is 17.4 Å². The van der Waals surface area contributed by atoms with E-state index >= 15 is 0 Å². The van der Waals surface area contributed by atoms with E-state index in [9.17, 15) is 13.2 Å². The van der Waals surface area contributed by atoms with Crippen molar-refractivity contribution in [3.05, 3.63) is 35.9 Å². The van der Waals surface area contributed by atoms with Crippen molar-refractivity contribution in [1.29, 1.82) is 0 Å². The van der Waals surface area contributed by atoms with Crippen LogP contribution in [0.2, 0.25) is 0 Å². The van der Waals surface area contributed by atoms with Crippen molar-refractivity contribution in [2.75, 3.05) is 12.3 Å². The molecule has 0 aliphatic heterocycles. The van der Waals surface area contributed by atoms with E-state index in [0.717, 1.165) is 5.56 Å². The molecule has 6 nitrogen and oxygen atoms in total. The molecule has 0 radical (unpaired) electrons. The van der Waals surface area contributed by atoms with Gasteiger partial charge in [0.25, 0.3) is 0 Å². The molecular formula is C16H26N2O4S. The van der Waals surface area contributed by atoms with Gasteiger partial charge in [-0.25, -0.2) is 4.79 Å². The highest BCUT2D eigenvalue weighted by molar-refractivity contribution is 7.87. The summed E-state index contributed by atoms with van der Waals surface area (Å²) in [7, 11) is -3.98. The minimum Gasteiger partial charge on any atom is -0.344 e. The largest absolute Gasteiger partial charge is 0.344 e. The highest BCUT2D eigenvalue weighted by Crippen LogP contribution is 2.14. The Labute approximate surface area is 138 Å². The first-order valence-corrected chi connectivity index (χ1v) is 9.26. The van der Waals surface area contributed by atoms with Gasteiger partial charge in [-0.1, -0.05) is 44.2 Å². The molecule has 130 valence electrons. The van der Waals surface area contributed by atoms with Crippen LogP contribution in [-0.2, 0) is 25.5 Å². The van der Waals surface area contributed by atoms with Gasteiger partial charge >= 0.3 is 16.1 Å². The van der Waals surface area contributed by atoms with Crippen LogP contribution in [0.15, 0.2) is 30.3 Å². The molecule has 1 rings (SSSR count). The summed E-state index contributed by atoms with van der Waals surface area (Å²) in [5, 5.41) is 0. The van der Waals surface area contributed by atoms with Crippen LogP contribution in [0.4, 0.5) is 0 Å². The molecule has 7 heteroatoms. The Morgan fingerprint density at radius 1 is 1.22 bits per heavy atom. The molecule has 1 aromatic carbocycles. The number of nitrogens with two attached hydrogens (primary N) is 2. The van der Waals surface area contributed by atoms with Gasteiger partial charge in [-0.05, 0) is 36.8 Å². The molecule has 2 atom stereocenters. The lowest BCUT2D eigenvalue weighted by molar-refractivity contribution is -0.135. The molecular weight excluding hydrogens is 316 g/mol. The number of hydrogen-bond donors (Lipinski definition) is 2. The Balaban J connectivity index is 2.60. The first-order chi connectivity index (χ1) is 10.7. The molecule has 0 bridgehead atoms. The number of carbonyl (C=O) groups is 1. The summed E-state index contributed by atoms with van der Waals surface area (Å²) in [6, 6.07) is 8.10. The number of carbonyl (C=O) groups excluding carboxylic acids is 1. The van der Waals surface area contributed by atoms with Crippen molar-refractivity contribution in [2.24, 2.45) is 23.3 Å². The maximum absolute atomic E-state index is 12.0. The topological polar surface area (TPSA) is 112 Å². The fraction of sp³-hybridized carbons (Fsp3) is 0.562. The molecule has 0 saturated heterocycles. The molecule has 1 aromatic rings. The number of benzene rings is 1. The summed E-state index contributed by atoms with van der Waals surface area (Å²) >= 11 is 0. The fourth-order valence-corrected chi connectivity index (χ4v) is 3.65. The molecule has 0 amide bonds. The SMILES string of the molecule is CC(C)CC(CN)CS(=O)(=O)OC(=O)[C@@H](N)Cc1ccccc1. The highest BCUT2D eigenvalue weighted by Gasteiger charge is 2.26. The predicted molar refractivity (Wildman–Crippen MR) is 90.0 cm³/mol. The Bertz CT molecular complexity index is 587. The van der Waals surface area contributed by atoms with Gasteiger partial charge in [0.2, 0.25) is 0 Å². The van der Waals surface area contributed by atoms with Crippen LogP contribution in [0.1, 0.15) is 25.8 Å². The molecule has 0 spiro atoms. The third kappa shape index (κ3) is 7.58. The smallest absolute Gasteiger partial charge is 0.339 e. The third-order valence-corrected chi connectivity index (χ3v) is 4.69. The van der Waals surface area contributed by atoms with Gasteiger partial charge in [0, 0.05) is 0 Å². The molecule has 0 fully saturated rings. The average Bonchev–Trinajstić information content (AvgIpc) is 2.46. The zero-order chi connectivity index (χ0) is 17.5. The first-order valence-electron chi connectivity index (χ1n) is 7.69. The number of rotatable bonds is 9. The van der Waals surface area contributed by atoms with Crippen LogP contribution in [0.3, 0.4) is 0 Å². The third-order valence-electron chi connectivity index (χ3n) is 3.39. The summed E-state index contributed by atoms with van der Waals surface area (Å²) in [5.41, 5.74) is 12.2. The standard InChI is InChI=1S/C16H26N2O4S/c1-12(2)8-14(10-17)11-23(20,21)22-16(19)15(18)9-13-6-4-3-5-7-13/h3-7,12,14-15H,8-11,17-18H2,1-2H3/t14?,15-/m0/s1. The fourth-order valence-electron chi connectivity index (χ4n) is 2.36. The van der Waals surface area contributed by atoms with Crippen LogP contribution < -0.4 is 11.5 Å². The number of hydrogen-bond acceptors (Lipinski definition) is 6. The van der Waals surface area contributed by atoms with Crippen molar-refractivity contribution >= 4 is 16.1 Å². The first kappa shape index (κ1) is 19.6. The lowest BCUT2D eigenvalue weighted by Crippen LogP contribution is -2.37. The van der Waals surface area contributed by atoms with Crippen LogP contribution in [0.5, 0.6) is 0 Å². The summed E-state index contributed by atoms with van der Waals surface area (Å²) < 4.78 is 28.6. The predicted octanol–water partition coefficient (Wildman–Crippen LogP) is 1.05. The van der Waals surface area contributed by atoms with Crippen LogP contribution in [0, 0.1) is 11.8 Å². The zero-order valence-electron chi connectivity index (χ0n) is 13.6. The second-order valence-electron chi connectivity index (χ2n) is 6.15. The van der Waals surface area contributed by atoms with E-state index in [2.05, 4.69) is 4.18 Å². The van der Waals surface area contributed by atoms with Gasteiger partial charge in [-0.15, -0.1) is 0 Å². The van der Waals surface area contributed by atoms with Crippen molar-refractivity contribution in [1.82, 2.24) is 0 Å². The summed E-state index contributed by atoms with van der Waals surface area (Å²) in [5.74, 6) is -1.13. The summed E-state index contributed by atoms with van der Waals surface area (Å²) in [4.78, 5) is 11.9. The Hall–Kier alpha value is -1.44. The average molecular weight is 342 g/mol. The van der Waals surface area contributed by atoms with E-state index in [1.165, 1.54) is 0 Å². The molecule has 0 aromatic heterocycles. The quantitative estimate of drug-likeness (QED) is 0.649.